The number of para-hydroxylation sites is 2. The summed E-state index contributed by atoms with van der Waals surface area (Å²) in [6.45, 7) is 0.177. The lowest BCUT2D eigenvalue weighted by molar-refractivity contribution is -0.137. The molecule has 1 fully saturated rings. The highest BCUT2D eigenvalue weighted by atomic mass is 35.5. The van der Waals surface area contributed by atoms with Crippen molar-refractivity contribution < 1.29 is 21.6 Å². The summed E-state index contributed by atoms with van der Waals surface area (Å²) in [5.74, 6) is 0.463. The number of halogens is 4. The standard InChI is InChI=1S/C18H15ClF3N3O2S/c19-12-8-7-11(18(20,21)22)10-16(12)28(26,27)25-9-3-6-15(25)17-23-13-4-1-2-5-14(13)24-17/h1-2,4-5,7-8,10,15H,3,6,9H2,(H,23,24). The summed E-state index contributed by atoms with van der Waals surface area (Å²) in [6.07, 6.45) is -3.59. The van der Waals surface area contributed by atoms with Gasteiger partial charge in [0, 0.05) is 6.54 Å². The molecule has 2 heterocycles. The quantitative estimate of drug-likeness (QED) is 0.652. The van der Waals surface area contributed by atoms with Crippen LogP contribution in [0.3, 0.4) is 0 Å². The van der Waals surface area contributed by atoms with Crippen LogP contribution in [0.15, 0.2) is 47.4 Å². The van der Waals surface area contributed by atoms with Gasteiger partial charge in [0.1, 0.15) is 10.7 Å². The normalized spacial score (nSPS) is 18.8. The molecule has 1 aliphatic heterocycles. The van der Waals surface area contributed by atoms with Gasteiger partial charge in [0.2, 0.25) is 10.0 Å². The van der Waals surface area contributed by atoms with E-state index in [0.29, 0.717) is 30.2 Å². The van der Waals surface area contributed by atoms with Crippen molar-refractivity contribution in [3.05, 3.63) is 58.9 Å². The van der Waals surface area contributed by atoms with E-state index in [0.717, 1.165) is 17.6 Å². The molecule has 1 atom stereocenters. The molecule has 3 aromatic rings. The molecule has 1 N–H and O–H groups in total. The average Bonchev–Trinajstić information content (AvgIpc) is 3.27. The van der Waals surface area contributed by atoms with Gasteiger partial charge in [0.05, 0.1) is 27.7 Å². The average molecular weight is 430 g/mol. The maximum absolute atomic E-state index is 13.2. The molecule has 1 saturated heterocycles. The van der Waals surface area contributed by atoms with E-state index in [4.69, 9.17) is 11.6 Å². The first-order chi connectivity index (χ1) is 13.2. The summed E-state index contributed by atoms with van der Waals surface area (Å²) >= 11 is 5.97. The first-order valence-electron chi connectivity index (χ1n) is 8.51. The molecule has 4 rings (SSSR count). The number of fused-ring (bicyclic) bond motifs is 1. The lowest BCUT2D eigenvalue weighted by atomic mass is 10.2. The fourth-order valence-electron chi connectivity index (χ4n) is 3.44. The lowest BCUT2D eigenvalue weighted by Gasteiger charge is -2.23. The Balaban J connectivity index is 1.76. The molecule has 0 amide bonds. The number of nitrogens with one attached hydrogen (secondary N) is 1. The fraction of sp³-hybridized carbons (Fsp3) is 0.278. The summed E-state index contributed by atoms with van der Waals surface area (Å²) < 4.78 is 66.7. The molecule has 0 radical (unpaired) electrons. The highest BCUT2D eigenvalue weighted by Gasteiger charge is 2.40. The van der Waals surface area contributed by atoms with Crippen LogP contribution in [0.2, 0.25) is 5.02 Å². The number of imidazole rings is 1. The van der Waals surface area contributed by atoms with Crippen molar-refractivity contribution >= 4 is 32.7 Å². The maximum Gasteiger partial charge on any atom is 0.416 e. The number of nitrogens with zero attached hydrogens (tertiary/aromatic N) is 2. The summed E-state index contributed by atoms with van der Waals surface area (Å²) in [7, 11) is -4.25. The van der Waals surface area contributed by atoms with Crippen LogP contribution >= 0.6 is 11.6 Å². The molecule has 1 aromatic heterocycles. The zero-order valence-corrected chi connectivity index (χ0v) is 15.9. The summed E-state index contributed by atoms with van der Waals surface area (Å²) in [4.78, 5) is 7.02. The Hall–Kier alpha value is -2.10. The molecular formula is C18H15ClF3N3O2S. The van der Waals surface area contributed by atoms with Crippen molar-refractivity contribution in [3.63, 3.8) is 0 Å². The van der Waals surface area contributed by atoms with Gasteiger partial charge >= 0.3 is 6.18 Å². The molecular weight excluding hydrogens is 415 g/mol. The Labute approximate surface area is 164 Å². The lowest BCUT2D eigenvalue weighted by Crippen LogP contribution is -2.31. The minimum Gasteiger partial charge on any atom is -0.341 e. The number of H-pyrrole nitrogens is 1. The Morgan fingerprint density at radius 1 is 1.18 bits per heavy atom. The van der Waals surface area contributed by atoms with Gasteiger partial charge < -0.3 is 4.98 Å². The number of aromatic amines is 1. The molecule has 1 aliphatic rings. The van der Waals surface area contributed by atoms with E-state index in [9.17, 15) is 21.6 Å². The van der Waals surface area contributed by atoms with Crippen LogP contribution in [0.4, 0.5) is 13.2 Å². The smallest absolute Gasteiger partial charge is 0.341 e. The number of alkyl halides is 3. The molecule has 0 spiro atoms. The van der Waals surface area contributed by atoms with E-state index < -0.39 is 32.7 Å². The van der Waals surface area contributed by atoms with Crippen LogP contribution in [-0.4, -0.2) is 29.2 Å². The van der Waals surface area contributed by atoms with Crippen molar-refractivity contribution in [2.45, 2.75) is 30.0 Å². The number of hydrogen-bond acceptors (Lipinski definition) is 3. The first kappa shape index (κ1) is 19.2. The fourth-order valence-corrected chi connectivity index (χ4v) is 5.60. The second-order valence-electron chi connectivity index (χ2n) is 6.56. The number of aromatic nitrogens is 2. The first-order valence-corrected chi connectivity index (χ1v) is 10.3. The maximum atomic E-state index is 13.2. The highest BCUT2D eigenvalue weighted by molar-refractivity contribution is 7.89. The third kappa shape index (κ3) is 3.27. The van der Waals surface area contributed by atoms with E-state index in [-0.39, 0.29) is 11.6 Å². The number of rotatable bonds is 3. The summed E-state index contributed by atoms with van der Waals surface area (Å²) in [5.41, 5.74) is 0.396. The largest absolute Gasteiger partial charge is 0.416 e. The van der Waals surface area contributed by atoms with Crippen LogP contribution in [0.25, 0.3) is 11.0 Å². The van der Waals surface area contributed by atoms with Gasteiger partial charge in [-0.1, -0.05) is 23.7 Å². The third-order valence-electron chi connectivity index (χ3n) is 4.77. The van der Waals surface area contributed by atoms with Gasteiger partial charge in [-0.2, -0.15) is 17.5 Å². The monoisotopic (exact) mass is 429 g/mol. The predicted octanol–water partition coefficient (Wildman–Crippen LogP) is 4.76. The molecule has 2 aromatic carbocycles. The van der Waals surface area contributed by atoms with E-state index in [2.05, 4.69) is 9.97 Å². The van der Waals surface area contributed by atoms with Crippen molar-refractivity contribution in [3.8, 4) is 0 Å². The Morgan fingerprint density at radius 2 is 1.93 bits per heavy atom. The van der Waals surface area contributed by atoms with Gasteiger partial charge in [-0.25, -0.2) is 13.4 Å². The van der Waals surface area contributed by atoms with Gasteiger partial charge in [-0.15, -0.1) is 0 Å². The second-order valence-corrected chi connectivity index (χ2v) is 8.82. The molecule has 10 heteroatoms. The summed E-state index contributed by atoms with van der Waals surface area (Å²) in [5, 5.41) is -0.247. The minimum absolute atomic E-state index is 0.177. The van der Waals surface area contributed by atoms with Gasteiger partial charge in [-0.05, 0) is 43.2 Å². The zero-order valence-electron chi connectivity index (χ0n) is 14.4. The van der Waals surface area contributed by atoms with Crippen LogP contribution in [0.5, 0.6) is 0 Å². The SMILES string of the molecule is O=S(=O)(c1cc(C(F)(F)F)ccc1Cl)N1CCCC1c1nc2ccccc2[nH]1. The number of benzene rings is 2. The Morgan fingerprint density at radius 3 is 2.64 bits per heavy atom. The molecule has 1 unspecified atom stereocenters. The topological polar surface area (TPSA) is 66.1 Å². The van der Waals surface area contributed by atoms with Gasteiger partial charge in [0.25, 0.3) is 0 Å². The second kappa shape index (κ2) is 6.75. The molecule has 0 bridgehead atoms. The highest BCUT2D eigenvalue weighted by Crippen LogP contribution is 2.39. The molecule has 148 valence electrons. The van der Waals surface area contributed by atoms with Crippen molar-refractivity contribution in [2.75, 3.05) is 6.54 Å². The molecule has 0 aliphatic carbocycles. The summed E-state index contributed by atoms with van der Waals surface area (Å²) in [6, 6.07) is 8.99. The Bertz CT molecular complexity index is 1110. The minimum atomic E-state index is -4.67. The van der Waals surface area contributed by atoms with Crippen molar-refractivity contribution in [1.82, 2.24) is 14.3 Å². The number of hydrogen-bond donors (Lipinski definition) is 1. The van der Waals surface area contributed by atoms with E-state index in [1.54, 1.807) is 6.07 Å². The van der Waals surface area contributed by atoms with Crippen molar-refractivity contribution in [1.29, 1.82) is 0 Å². The zero-order chi connectivity index (χ0) is 20.1. The molecule has 5 nitrogen and oxygen atoms in total. The van der Waals surface area contributed by atoms with Gasteiger partial charge in [-0.3, -0.25) is 0 Å². The Kier molecular flexibility index (Phi) is 4.64. The van der Waals surface area contributed by atoms with Crippen LogP contribution in [0.1, 0.15) is 30.3 Å². The van der Waals surface area contributed by atoms with E-state index in [1.165, 1.54) is 4.31 Å². The molecule has 28 heavy (non-hydrogen) atoms. The predicted molar refractivity (Wildman–Crippen MR) is 98.4 cm³/mol. The third-order valence-corrected chi connectivity index (χ3v) is 7.16. The van der Waals surface area contributed by atoms with E-state index in [1.807, 2.05) is 18.2 Å². The number of sulfonamides is 1. The van der Waals surface area contributed by atoms with Crippen LogP contribution < -0.4 is 0 Å². The molecule has 0 saturated carbocycles. The van der Waals surface area contributed by atoms with Crippen molar-refractivity contribution in [2.24, 2.45) is 0 Å². The van der Waals surface area contributed by atoms with Gasteiger partial charge in [0.15, 0.2) is 0 Å². The van der Waals surface area contributed by atoms with E-state index >= 15 is 0 Å². The van der Waals surface area contributed by atoms with Crippen LogP contribution in [0, 0.1) is 0 Å². The van der Waals surface area contributed by atoms with Crippen LogP contribution in [-0.2, 0) is 16.2 Å².